The Morgan fingerprint density at radius 2 is 1.62 bits per heavy atom. The smallest absolute Gasteiger partial charge is 0.379 e. The molecule has 206 valence electrons. The molecule has 2 aliphatic rings. The highest BCUT2D eigenvalue weighted by molar-refractivity contribution is 6.07. The third-order valence-corrected chi connectivity index (χ3v) is 6.84. The number of halogens is 3. The minimum Gasteiger partial charge on any atom is -0.379 e. The van der Waals surface area contributed by atoms with Crippen molar-refractivity contribution in [1.29, 1.82) is 0 Å². The van der Waals surface area contributed by atoms with Gasteiger partial charge in [-0.1, -0.05) is 24.3 Å². The maximum atomic E-state index is 13.6. The first-order chi connectivity index (χ1) is 18.8. The number of hydrogen-bond acceptors (Lipinski definition) is 6. The SMILES string of the molecule is O=C(Nc1cc(-c2cccc(CN3CCOCC3)c2)ccc1N1CCOCC1)c1c[nH]c(=O)cc1C(F)(F)F. The first-order valence-corrected chi connectivity index (χ1v) is 12.8. The van der Waals surface area contributed by atoms with Crippen molar-refractivity contribution < 1.29 is 27.4 Å². The van der Waals surface area contributed by atoms with Gasteiger partial charge in [0.25, 0.3) is 5.91 Å². The predicted molar refractivity (Wildman–Crippen MR) is 141 cm³/mol. The highest BCUT2D eigenvalue weighted by atomic mass is 19.4. The van der Waals surface area contributed by atoms with Crippen molar-refractivity contribution in [3.8, 4) is 11.1 Å². The number of aromatic nitrogens is 1. The van der Waals surface area contributed by atoms with Crippen molar-refractivity contribution in [3.05, 3.63) is 81.8 Å². The van der Waals surface area contributed by atoms with E-state index in [-0.39, 0.29) is 0 Å². The summed E-state index contributed by atoms with van der Waals surface area (Å²) < 4.78 is 51.7. The van der Waals surface area contributed by atoms with Crippen molar-refractivity contribution in [3.63, 3.8) is 0 Å². The molecule has 8 nitrogen and oxygen atoms in total. The van der Waals surface area contributed by atoms with Crippen LogP contribution in [0.5, 0.6) is 0 Å². The number of H-pyrrole nitrogens is 1. The van der Waals surface area contributed by atoms with Gasteiger partial charge in [0, 0.05) is 45.0 Å². The minimum atomic E-state index is -4.86. The second-order valence-electron chi connectivity index (χ2n) is 9.50. The normalized spacial score (nSPS) is 16.7. The van der Waals surface area contributed by atoms with Gasteiger partial charge in [0.1, 0.15) is 0 Å². The lowest BCUT2D eigenvalue weighted by atomic mass is 10.0. The number of rotatable bonds is 6. The van der Waals surface area contributed by atoms with Gasteiger partial charge in [-0.05, 0) is 34.9 Å². The zero-order chi connectivity index (χ0) is 27.4. The van der Waals surface area contributed by atoms with Gasteiger partial charge in [-0.25, -0.2) is 0 Å². The quantitative estimate of drug-likeness (QED) is 0.490. The standard InChI is InChI=1S/C28H29F3N4O4/c29-28(30,31)23-16-26(36)32-17-22(23)27(37)33-24-15-21(4-5-25(24)35-8-12-39-13-9-35)20-3-1-2-19(14-20)18-34-6-10-38-11-7-34/h1-5,14-17H,6-13,18H2,(H,32,36)(H,33,37). The lowest BCUT2D eigenvalue weighted by Gasteiger charge is -2.31. The maximum Gasteiger partial charge on any atom is 0.417 e. The summed E-state index contributed by atoms with van der Waals surface area (Å²) in [5, 5.41) is 2.68. The number of alkyl halides is 3. The molecule has 2 fully saturated rings. The predicted octanol–water partition coefficient (Wildman–Crippen LogP) is 3.98. The fourth-order valence-electron chi connectivity index (χ4n) is 4.85. The van der Waals surface area contributed by atoms with Crippen molar-refractivity contribution in [1.82, 2.24) is 9.88 Å². The van der Waals surface area contributed by atoms with Gasteiger partial charge in [0.05, 0.1) is 48.9 Å². The maximum absolute atomic E-state index is 13.6. The molecule has 0 spiro atoms. The molecule has 2 N–H and O–H groups in total. The van der Waals surface area contributed by atoms with Gasteiger partial charge < -0.3 is 24.7 Å². The molecule has 1 amide bonds. The van der Waals surface area contributed by atoms with E-state index in [4.69, 9.17) is 9.47 Å². The Morgan fingerprint density at radius 1 is 0.923 bits per heavy atom. The van der Waals surface area contributed by atoms with E-state index in [1.165, 1.54) is 0 Å². The van der Waals surface area contributed by atoms with Gasteiger partial charge in [-0.3, -0.25) is 14.5 Å². The number of morpholine rings is 2. The lowest BCUT2D eigenvalue weighted by molar-refractivity contribution is -0.138. The summed E-state index contributed by atoms with van der Waals surface area (Å²) in [4.78, 5) is 31.2. The molecule has 11 heteroatoms. The van der Waals surface area contributed by atoms with Crippen LogP contribution in [0, 0.1) is 0 Å². The number of carbonyl (C=O) groups excluding carboxylic acids is 1. The van der Waals surface area contributed by atoms with E-state index in [1.54, 1.807) is 6.07 Å². The number of aromatic amines is 1. The summed E-state index contributed by atoms with van der Waals surface area (Å²) in [6, 6.07) is 14.0. The van der Waals surface area contributed by atoms with E-state index in [1.807, 2.05) is 29.2 Å². The molecule has 0 atom stereocenters. The van der Waals surface area contributed by atoms with Crippen LogP contribution in [0.25, 0.3) is 11.1 Å². The van der Waals surface area contributed by atoms with Crippen LogP contribution in [0.15, 0.2) is 59.5 Å². The lowest BCUT2D eigenvalue weighted by Crippen LogP contribution is -2.36. The molecule has 3 heterocycles. The van der Waals surface area contributed by atoms with Crippen LogP contribution in [0.3, 0.4) is 0 Å². The number of hydrogen-bond donors (Lipinski definition) is 2. The molecule has 2 aromatic carbocycles. The van der Waals surface area contributed by atoms with Gasteiger partial charge in [0.15, 0.2) is 0 Å². The van der Waals surface area contributed by atoms with Gasteiger partial charge in [-0.15, -0.1) is 0 Å². The molecule has 2 saturated heterocycles. The highest BCUT2D eigenvalue weighted by Crippen LogP contribution is 2.35. The Balaban J connectivity index is 1.48. The average molecular weight is 543 g/mol. The summed E-state index contributed by atoms with van der Waals surface area (Å²) in [5.74, 6) is -0.966. The zero-order valence-electron chi connectivity index (χ0n) is 21.2. The first-order valence-electron chi connectivity index (χ1n) is 12.8. The zero-order valence-corrected chi connectivity index (χ0v) is 21.2. The van der Waals surface area contributed by atoms with E-state index in [0.29, 0.717) is 57.0 Å². The fourth-order valence-corrected chi connectivity index (χ4v) is 4.85. The number of amides is 1. The minimum absolute atomic E-state index is 0.373. The van der Waals surface area contributed by atoms with Crippen LogP contribution >= 0.6 is 0 Å². The largest absolute Gasteiger partial charge is 0.417 e. The summed E-state index contributed by atoms with van der Waals surface area (Å²) in [5.41, 5.74) is 1.02. The Bertz CT molecular complexity index is 1380. The number of nitrogens with zero attached hydrogens (tertiary/aromatic N) is 2. The molecule has 0 radical (unpaired) electrons. The van der Waals surface area contributed by atoms with Crippen molar-refractivity contribution in [2.45, 2.75) is 12.7 Å². The first kappa shape index (κ1) is 26.9. The summed E-state index contributed by atoms with van der Waals surface area (Å²) in [7, 11) is 0. The Morgan fingerprint density at radius 3 is 2.33 bits per heavy atom. The Hall–Kier alpha value is -3.67. The number of carbonyl (C=O) groups is 1. The van der Waals surface area contributed by atoms with Crippen molar-refractivity contribution in [2.24, 2.45) is 0 Å². The van der Waals surface area contributed by atoms with E-state index < -0.39 is 28.8 Å². The number of nitrogens with one attached hydrogen (secondary N) is 2. The number of benzene rings is 2. The molecule has 39 heavy (non-hydrogen) atoms. The second kappa shape index (κ2) is 11.6. The van der Waals surface area contributed by atoms with E-state index in [0.717, 1.165) is 42.5 Å². The average Bonchev–Trinajstić information content (AvgIpc) is 2.93. The number of anilines is 2. The van der Waals surface area contributed by atoms with Crippen LogP contribution in [0.2, 0.25) is 0 Å². The molecule has 1 aromatic heterocycles. The van der Waals surface area contributed by atoms with Crippen LogP contribution in [-0.4, -0.2) is 68.4 Å². The highest BCUT2D eigenvalue weighted by Gasteiger charge is 2.36. The van der Waals surface area contributed by atoms with Crippen LogP contribution in [0.4, 0.5) is 24.5 Å². The molecule has 0 unspecified atom stereocenters. The molecule has 2 aliphatic heterocycles. The third kappa shape index (κ3) is 6.49. The molecule has 0 bridgehead atoms. The number of pyridine rings is 1. The van der Waals surface area contributed by atoms with Crippen LogP contribution in [0.1, 0.15) is 21.5 Å². The molecule has 0 saturated carbocycles. The fraction of sp³-hybridized carbons (Fsp3) is 0.357. The molecular formula is C28H29F3N4O4. The van der Waals surface area contributed by atoms with Gasteiger partial charge in [-0.2, -0.15) is 13.2 Å². The summed E-state index contributed by atoms with van der Waals surface area (Å²) >= 11 is 0. The molecule has 5 rings (SSSR count). The van der Waals surface area contributed by atoms with E-state index in [9.17, 15) is 22.8 Å². The molecule has 0 aliphatic carbocycles. The summed E-state index contributed by atoms with van der Waals surface area (Å²) in [6.07, 6.45) is -4.06. The van der Waals surface area contributed by atoms with E-state index >= 15 is 0 Å². The van der Waals surface area contributed by atoms with Gasteiger partial charge in [0.2, 0.25) is 5.56 Å². The Labute approximate surface area is 223 Å². The van der Waals surface area contributed by atoms with E-state index in [2.05, 4.69) is 27.3 Å². The van der Waals surface area contributed by atoms with Crippen molar-refractivity contribution >= 4 is 17.3 Å². The van der Waals surface area contributed by atoms with Crippen LogP contribution in [-0.2, 0) is 22.2 Å². The molecule has 3 aromatic rings. The van der Waals surface area contributed by atoms with Crippen molar-refractivity contribution in [2.75, 3.05) is 62.8 Å². The van der Waals surface area contributed by atoms with Gasteiger partial charge >= 0.3 is 6.18 Å². The summed E-state index contributed by atoms with van der Waals surface area (Å²) in [6.45, 7) is 6.05. The topological polar surface area (TPSA) is 86.9 Å². The monoisotopic (exact) mass is 542 g/mol. The second-order valence-corrected chi connectivity index (χ2v) is 9.50. The molecular weight excluding hydrogens is 513 g/mol. The Kier molecular flexibility index (Phi) is 8.01. The van der Waals surface area contributed by atoms with Crippen LogP contribution < -0.4 is 15.8 Å². The number of ether oxygens (including phenoxy) is 2. The third-order valence-electron chi connectivity index (χ3n) is 6.84.